The Bertz CT molecular complexity index is 411. The van der Waals surface area contributed by atoms with E-state index >= 15 is 0 Å². The van der Waals surface area contributed by atoms with E-state index in [9.17, 15) is 0 Å². The van der Waals surface area contributed by atoms with E-state index in [-0.39, 0.29) is 6.04 Å². The van der Waals surface area contributed by atoms with Crippen LogP contribution in [0.15, 0.2) is 18.2 Å². The maximum atomic E-state index is 6.20. The van der Waals surface area contributed by atoms with Crippen molar-refractivity contribution < 1.29 is 4.74 Å². The first-order chi connectivity index (χ1) is 8.58. The monoisotopic (exact) mass is 287 g/mol. The Labute approximate surface area is 119 Å². The van der Waals surface area contributed by atoms with Gasteiger partial charge in [-0.3, -0.25) is 0 Å². The average Bonchev–Trinajstić information content (AvgIpc) is 2.72. The summed E-state index contributed by atoms with van der Waals surface area (Å²) in [6.45, 7) is 6.10. The van der Waals surface area contributed by atoms with Crippen LogP contribution in [-0.4, -0.2) is 19.3 Å². The molecule has 4 heteroatoms. The molecule has 0 saturated carbocycles. The molecule has 3 unspecified atom stereocenters. The number of nitrogens with one attached hydrogen (secondary N) is 1. The molecule has 0 radical (unpaired) electrons. The molecule has 1 aromatic rings. The first-order valence-corrected chi connectivity index (χ1v) is 7.13. The van der Waals surface area contributed by atoms with Crippen molar-refractivity contribution in [2.75, 3.05) is 13.2 Å². The lowest BCUT2D eigenvalue weighted by Gasteiger charge is -2.20. The Balaban J connectivity index is 1.93. The van der Waals surface area contributed by atoms with Gasteiger partial charge in [-0.1, -0.05) is 29.3 Å². The second-order valence-corrected chi connectivity index (χ2v) is 5.76. The molecule has 1 fully saturated rings. The molecule has 0 aliphatic carbocycles. The zero-order valence-corrected chi connectivity index (χ0v) is 12.3. The minimum Gasteiger partial charge on any atom is -0.378 e. The summed E-state index contributed by atoms with van der Waals surface area (Å²) in [6, 6.07) is 5.87. The van der Waals surface area contributed by atoms with Crippen LogP contribution in [0.3, 0.4) is 0 Å². The normalized spacial score (nSPS) is 25.3. The zero-order chi connectivity index (χ0) is 13.1. The van der Waals surface area contributed by atoms with E-state index in [4.69, 9.17) is 27.9 Å². The second kappa shape index (κ2) is 6.25. The largest absolute Gasteiger partial charge is 0.378 e. The Morgan fingerprint density at radius 3 is 2.83 bits per heavy atom. The highest BCUT2D eigenvalue weighted by Crippen LogP contribution is 2.27. The van der Waals surface area contributed by atoms with Gasteiger partial charge in [0.1, 0.15) is 0 Å². The minimum atomic E-state index is 0.225. The molecule has 0 bridgehead atoms. The highest BCUT2D eigenvalue weighted by atomic mass is 35.5. The summed E-state index contributed by atoms with van der Waals surface area (Å²) in [5.41, 5.74) is 1.09. The molecule has 18 heavy (non-hydrogen) atoms. The molecule has 1 aliphatic rings. The van der Waals surface area contributed by atoms with Crippen molar-refractivity contribution in [3.05, 3.63) is 33.8 Å². The van der Waals surface area contributed by atoms with Crippen molar-refractivity contribution in [2.24, 2.45) is 5.92 Å². The number of rotatable bonds is 4. The van der Waals surface area contributed by atoms with Crippen LogP contribution < -0.4 is 5.32 Å². The van der Waals surface area contributed by atoms with Gasteiger partial charge in [0.2, 0.25) is 0 Å². The quantitative estimate of drug-likeness (QED) is 0.901. The molecule has 0 aromatic heterocycles. The van der Waals surface area contributed by atoms with E-state index in [0.717, 1.165) is 30.2 Å². The van der Waals surface area contributed by atoms with Gasteiger partial charge in [0.05, 0.1) is 6.10 Å². The predicted molar refractivity (Wildman–Crippen MR) is 76.4 cm³/mol. The van der Waals surface area contributed by atoms with Crippen molar-refractivity contribution >= 4 is 23.2 Å². The van der Waals surface area contributed by atoms with Crippen molar-refractivity contribution in [3.63, 3.8) is 0 Å². The molecule has 1 N–H and O–H groups in total. The van der Waals surface area contributed by atoms with Gasteiger partial charge < -0.3 is 10.1 Å². The molecule has 1 aromatic carbocycles. The number of ether oxygens (including phenoxy) is 1. The fraction of sp³-hybridized carbons (Fsp3) is 0.571. The molecule has 2 rings (SSSR count). The fourth-order valence-electron chi connectivity index (χ4n) is 2.33. The topological polar surface area (TPSA) is 21.3 Å². The number of halogens is 2. The van der Waals surface area contributed by atoms with Crippen molar-refractivity contribution in [3.8, 4) is 0 Å². The van der Waals surface area contributed by atoms with Crippen molar-refractivity contribution in [1.82, 2.24) is 5.32 Å². The predicted octanol–water partition coefficient (Wildman–Crippen LogP) is 4.07. The summed E-state index contributed by atoms with van der Waals surface area (Å²) in [5, 5.41) is 4.92. The molecule has 1 saturated heterocycles. The Morgan fingerprint density at radius 1 is 1.44 bits per heavy atom. The Hall–Kier alpha value is -0.280. The van der Waals surface area contributed by atoms with E-state index in [1.54, 1.807) is 6.07 Å². The maximum Gasteiger partial charge on any atom is 0.0588 e. The first-order valence-electron chi connectivity index (χ1n) is 6.38. The van der Waals surface area contributed by atoms with Gasteiger partial charge in [-0.25, -0.2) is 0 Å². The smallest absolute Gasteiger partial charge is 0.0588 e. The van der Waals surface area contributed by atoms with E-state index < -0.39 is 0 Å². The van der Waals surface area contributed by atoms with Gasteiger partial charge in [0.15, 0.2) is 0 Å². The summed E-state index contributed by atoms with van der Waals surface area (Å²) < 4.78 is 5.56. The van der Waals surface area contributed by atoms with Gasteiger partial charge in [0.25, 0.3) is 0 Å². The van der Waals surface area contributed by atoms with E-state index in [2.05, 4.69) is 19.2 Å². The highest BCUT2D eigenvalue weighted by molar-refractivity contribution is 6.35. The summed E-state index contributed by atoms with van der Waals surface area (Å²) in [5.74, 6) is 0.596. The third-order valence-electron chi connectivity index (χ3n) is 3.65. The summed E-state index contributed by atoms with van der Waals surface area (Å²) >= 11 is 12.1. The lowest BCUT2D eigenvalue weighted by atomic mass is 10.0. The molecular weight excluding hydrogens is 269 g/mol. The van der Waals surface area contributed by atoms with Gasteiger partial charge in [-0.15, -0.1) is 0 Å². The molecule has 1 aliphatic heterocycles. The van der Waals surface area contributed by atoms with Gasteiger partial charge in [-0.05, 0) is 43.9 Å². The standard InChI is InChI=1S/C14H19Cl2NO/c1-9(13-4-3-12(15)7-14(13)16)17-8-11-5-6-18-10(11)2/h3-4,7,9-11,17H,5-6,8H2,1-2H3. The van der Waals surface area contributed by atoms with Crippen LogP contribution in [0.2, 0.25) is 10.0 Å². The molecule has 0 amide bonds. The van der Waals surface area contributed by atoms with Crippen LogP contribution in [0.5, 0.6) is 0 Å². The van der Waals surface area contributed by atoms with E-state index in [0.29, 0.717) is 17.0 Å². The van der Waals surface area contributed by atoms with Crippen LogP contribution in [0.1, 0.15) is 31.9 Å². The van der Waals surface area contributed by atoms with Gasteiger partial charge >= 0.3 is 0 Å². The molecule has 0 spiro atoms. The minimum absolute atomic E-state index is 0.225. The van der Waals surface area contributed by atoms with Crippen LogP contribution in [0.4, 0.5) is 0 Å². The maximum absolute atomic E-state index is 6.20. The fourth-order valence-corrected chi connectivity index (χ4v) is 2.91. The molecule has 2 nitrogen and oxygen atoms in total. The summed E-state index contributed by atoms with van der Waals surface area (Å²) in [6.07, 6.45) is 1.49. The second-order valence-electron chi connectivity index (χ2n) is 4.92. The van der Waals surface area contributed by atoms with Gasteiger partial charge in [-0.2, -0.15) is 0 Å². The summed E-state index contributed by atoms with van der Waals surface area (Å²) in [7, 11) is 0. The van der Waals surface area contributed by atoms with E-state index in [1.807, 2.05) is 12.1 Å². The molecule has 1 heterocycles. The highest BCUT2D eigenvalue weighted by Gasteiger charge is 2.24. The summed E-state index contributed by atoms with van der Waals surface area (Å²) in [4.78, 5) is 0. The third kappa shape index (κ3) is 3.39. The lowest BCUT2D eigenvalue weighted by Crippen LogP contribution is -2.29. The van der Waals surface area contributed by atoms with Crippen molar-refractivity contribution in [1.29, 1.82) is 0 Å². The molecule has 3 atom stereocenters. The van der Waals surface area contributed by atoms with Crippen LogP contribution in [-0.2, 0) is 4.74 Å². The van der Waals surface area contributed by atoms with Crippen LogP contribution in [0, 0.1) is 5.92 Å². The first kappa shape index (κ1) is 14.1. The molecule has 100 valence electrons. The Morgan fingerprint density at radius 2 is 2.22 bits per heavy atom. The SMILES string of the molecule is CC(NCC1CCOC1C)c1ccc(Cl)cc1Cl. The average molecular weight is 288 g/mol. The van der Waals surface area contributed by atoms with Gasteiger partial charge in [0, 0.05) is 29.2 Å². The number of hydrogen-bond acceptors (Lipinski definition) is 2. The molecular formula is C14H19Cl2NO. The Kier molecular flexibility index (Phi) is 4.91. The number of benzene rings is 1. The van der Waals surface area contributed by atoms with E-state index in [1.165, 1.54) is 0 Å². The van der Waals surface area contributed by atoms with Crippen LogP contribution in [0.25, 0.3) is 0 Å². The lowest BCUT2D eigenvalue weighted by molar-refractivity contribution is 0.105. The third-order valence-corrected chi connectivity index (χ3v) is 4.21. The number of hydrogen-bond donors (Lipinski definition) is 1. The van der Waals surface area contributed by atoms with Crippen LogP contribution >= 0.6 is 23.2 Å². The van der Waals surface area contributed by atoms with Crippen molar-refractivity contribution in [2.45, 2.75) is 32.4 Å². The zero-order valence-electron chi connectivity index (χ0n) is 10.7.